The van der Waals surface area contributed by atoms with Crippen LogP contribution in [0.5, 0.6) is 0 Å². The van der Waals surface area contributed by atoms with Gasteiger partial charge in [0.25, 0.3) is 0 Å². The molecule has 0 radical (unpaired) electrons. The van der Waals surface area contributed by atoms with E-state index in [1.165, 1.54) is 4.68 Å². The average Bonchev–Trinajstić information content (AvgIpc) is 2.76. The predicted octanol–water partition coefficient (Wildman–Crippen LogP) is -1.20. The molecule has 0 bridgehead atoms. The Morgan fingerprint density at radius 1 is 1.61 bits per heavy atom. The van der Waals surface area contributed by atoms with Crippen molar-refractivity contribution in [3.8, 4) is 0 Å². The van der Waals surface area contributed by atoms with Crippen molar-refractivity contribution in [1.29, 1.82) is 0 Å². The van der Waals surface area contributed by atoms with E-state index in [-0.39, 0.29) is 25.6 Å². The van der Waals surface area contributed by atoms with Gasteiger partial charge < -0.3 is 15.8 Å². The Hall–Kier alpha value is -1.96. The van der Waals surface area contributed by atoms with Gasteiger partial charge in [0.15, 0.2) is 0 Å². The van der Waals surface area contributed by atoms with Crippen LogP contribution < -0.4 is 11.1 Å². The molecule has 0 saturated carbocycles. The highest BCUT2D eigenvalue weighted by Crippen LogP contribution is 1.92. The lowest BCUT2D eigenvalue weighted by Crippen LogP contribution is -2.41. The molecule has 0 aromatic carbocycles. The average molecular weight is 255 g/mol. The molecular formula is C10H17N5O3. The molecule has 8 nitrogen and oxygen atoms in total. The number of carbonyl (C=O) groups excluding carboxylic acids is 2. The SMILES string of the molecule is CCOC(=O)C(C)NC(=O)Cn1cc(CN)nn1. The standard InChI is InChI=1S/C10H17N5O3/c1-3-18-10(17)7(2)12-9(16)6-15-5-8(4-11)13-14-15/h5,7H,3-4,6,11H2,1-2H3,(H,12,16). The molecule has 100 valence electrons. The first-order valence-electron chi connectivity index (χ1n) is 5.61. The zero-order valence-electron chi connectivity index (χ0n) is 10.4. The summed E-state index contributed by atoms with van der Waals surface area (Å²) in [5.74, 6) is -0.809. The largest absolute Gasteiger partial charge is 0.464 e. The Morgan fingerprint density at radius 3 is 2.89 bits per heavy atom. The Balaban J connectivity index is 2.43. The van der Waals surface area contributed by atoms with Crippen LogP contribution >= 0.6 is 0 Å². The summed E-state index contributed by atoms with van der Waals surface area (Å²) in [6.07, 6.45) is 1.58. The highest BCUT2D eigenvalue weighted by Gasteiger charge is 2.16. The maximum Gasteiger partial charge on any atom is 0.328 e. The summed E-state index contributed by atoms with van der Waals surface area (Å²) in [6, 6.07) is -0.685. The van der Waals surface area contributed by atoms with Gasteiger partial charge in [-0.15, -0.1) is 5.10 Å². The topological polar surface area (TPSA) is 112 Å². The number of esters is 1. The van der Waals surface area contributed by atoms with E-state index in [4.69, 9.17) is 10.5 Å². The second-order valence-corrected chi connectivity index (χ2v) is 3.65. The molecular weight excluding hydrogens is 238 g/mol. The summed E-state index contributed by atoms with van der Waals surface area (Å²) in [6.45, 7) is 3.79. The van der Waals surface area contributed by atoms with Gasteiger partial charge in [0.2, 0.25) is 5.91 Å². The molecule has 1 aromatic rings. The van der Waals surface area contributed by atoms with E-state index in [0.29, 0.717) is 5.69 Å². The van der Waals surface area contributed by atoms with Gasteiger partial charge in [-0.05, 0) is 13.8 Å². The third kappa shape index (κ3) is 4.13. The molecule has 1 rings (SSSR count). The number of amides is 1. The van der Waals surface area contributed by atoms with Crippen molar-refractivity contribution >= 4 is 11.9 Å². The summed E-state index contributed by atoms with van der Waals surface area (Å²) >= 11 is 0. The van der Waals surface area contributed by atoms with E-state index >= 15 is 0 Å². The molecule has 1 aromatic heterocycles. The molecule has 0 aliphatic heterocycles. The number of nitrogens with one attached hydrogen (secondary N) is 1. The minimum atomic E-state index is -0.685. The van der Waals surface area contributed by atoms with Gasteiger partial charge in [0, 0.05) is 6.54 Å². The van der Waals surface area contributed by atoms with Crippen LogP contribution in [0.15, 0.2) is 6.20 Å². The van der Waals surface area contributed by atoms with Crippen LogP contribution in [0.25, 0.3) is 0 Å². The van der Waals surface area contributed by atoms with E-state index in [0.717, 1.165) is 0 Å². The molecule has 1 unspecified atom stereocenters. The fourth-order valence-electron chi connectivity index (χ4n) is 1.27. The van der Waals surface area contributed by atoms with Crippen molar-refractivity contribution < 1.29 is 14.3 Å². The van der Waals surface area contributed by atoms with Gasteiger partial charge in [-0.3, -0.25) is 4.79 Å². The Kier molecular flexibility index (Phi) is 5.25. The molecule has 8 heteroatoms. The van der Waals surface area contributed by atoms with Gasteiger partial charge >= 0.3 is 5.97 Å². The number of hydrogen-bond donors (Lipinski definition) is 2. The van der Waals surface area contributed by atoms with Gasteiger partial charge in [0.1, 0.15) is 12.6 Å². The Morgan fingerprint density at radius 2 is 2.33 bits per heavy atom. The first-order valence-corrected chi connectivity index (χ1v) is 5.61. The first kappa shape index (κ1) is 14.1. The monoisotopic (exact) mass is 255 g/mol. The molecule has 0 fully saturated rings. The van der Waals surface area contributed by atoms with Crippen LogP contribution in [0.2, 0.25) is 0 Å². The number of ether oxygens (including phenoxy) is 1. The van der Waals surface area contributed by atoms with Crippen molar-refractivity contribution in [3.05, 3.63) is 11.9 Å². The van der Waals surface area contributed by atoms with Crippen LogP contribution in [-0.4, -0.2) is 39.5 Å². The van der Waals surface area contributed by atoms with Crippen molar-refractivity contribution in [2.45, 2.75) is 33.0 Å². The molecule has 0 spiro atoms. The highest BCUT2D eigenvalue weighted by atomic mass is 16.5. The van der Waals surface area contributed by atoms with Gasteiger partial charge in [-0.25, -0.2) is 9.48 Å². The molecule has 18 heavy (non-hydrogen) atoms. The van der Waals surface area contributed by atoms with E-state index in [9.17, 15) is 9.59 Å². The third-order valence-corrected chi connectivity index (χ3v) is 2.12. The summed E-state index contributed by atoms with van der Waals surface area (Å²) in [7, 11) is 0. The maximum absolute atomic E-state index is 11.6. The lowest BCUT2D eigenvalue weighted by atomic mass is 10.3. The number of rotatable bonds is 6. The Bertz CT molecular complexity index is 417. The van der Waals surface area contributed by atoms with Crippen molar-refractivity contribution in [1.82, 2.24) is 20.3 Å². The highest BCUT2D eigenvalue weighted by molar-refractivity contribution is 5.83. The maximum atomic E-state index is 11.6. The number of aromatic nitrogens is 3. The fraction of sp³-hybridized carbons (Fsp3) is 0.600. The third-order valence-electron chi connectivity index (χ3n) is 2.12. The Labute approximate surface area is 104 Å². The zero-order valence-corrected chi connectivity index (χ0v) is 10.4. The molecule has 0 aliphatic rings. The summed E-state index contributed by atoms with van der Waals surface area (Å²) in [5, 5.41) is 9.98. The molecule has 0 aliphatic carbocycles. The van der Waals surface area contributed by atoms with E-state index < -0.39 is 12.0 Å². The number of carbonyl (C=O) groups is 2. The quantitative estimate of drug-likeness (QED) is 0.618. The summed E-state index contributed by atoms with van der Waals surface area (Å²) < 4.78 is 6.13. The second-order valence-electron chi connectivity index (χ2n) is 3.65. The van der Waals surface area contributed by atoms with Crippen molar-refractivity contribution in [3.63, 3.8) is 0 Å². The lowest BCUT2D eigenvalue weighted by Gasteiger charge is -2.12. The number of nitrogens with zero attached hydrogens (tertiary/aromatic N) is 3. The van der Waals surface area contributed by atoms with Gasteiger partial charge in [0.05, 0.1) is 18.5 Å². The summed E-state index contributed by atoms with van der Waals surface area (Å²) in [4.78, 5) is 22.9. The normalized spacial score (nSPS) is 11.9. The van der Waals surface area contributed by atoms with E-state index in [2.05, 4.69) is 15.6 Å². The lowest BCUT2D eigenvalue weighted by molar-refractivity contribution is -0.146. The van der Waals surface area contributed by atoms with Gasteiger partial charge in [-0.2, -0.15) is 0 Å². The fourth-order valence-corrected chi connectivity index (χ4v) is 1.27. The molecule has 3 N–H and O–H groups in total. The first-order chi connectivity index (χ1) is 8.56. The number of nitrogens with two attached hydrogens (primary N) is 1. The van der Waals surface area contributed by atoms with Crippen molar-refractivity contribution in [2.75, 3.05) is 6.61 Å². The van der Waals surface area contributed by atoms with Crippen LogP contribution in [0.3, 0.4) is 0 Å². The van der Waals surface area contributed by atoms with Crippen LogP contribution in [0, 0.1) is 0 Å². The van der Waals surface area contributed by atoms with Crippen molar-refractivity contribution in [2.24, 2.45) is 5.73 Å². The molecule has 1 atom stereocenters. The molecule has 0 saturated heterocycles. The zero-order chi connectivity index (χ0) is 13.5. The second kappa shape index (κ2) is 6.70. The van der Waals surface area contributed by atoms with Crippen LogP contribution in [0.1, 0.15) is 19.5 Å². The predicted molar refractivity (Wildman–Crippen MR) is 62.2 cm³/mol. The minimum absolute atomic E-state index is 0.0171. The number of hydrogen-bond acceptors (Lipinski definition) is 6. The minimum Gasteiger partial charge on any atom is -0.464 e. The smallest absolute Gasteiger partial charge is 0.328 e. The van der Waals surface area contributed by atoms with Crippen LogP contribution in [-0.2, 0) is 27.4 Å². The molecule has 1 heterocycles. The van der Waals surface area contributed by atoms with E-state index in [1.54, 1.807) is 20.0 Å². The van der Waals surface area contributed by atoms with Gasteiger partial charge in [-0.1, -0.05) is 5.21 Å². The van der Waals surface area contributed by atoms with E-state index in [1.807, 2.05) is 0 Å². The van der Waals surface area contributed by atoms with Crippen LogP contribution in [0.4, 0.5) is 0 Å². The molecule has 1 amide bonds. The summed E-state index contributed by atoms with van der Waals surface area (Å²) in [5.41, 5.74) is 5.97.